The topological polar surface area (TPSA) is 397 Å². The summed E-state index contributed by atoms with van der Waals surface area (Å²) in [6.45, 7) is 4.23. The number of phenols is 1. The molecule has 0 bridgehead atoms. The summed E-state index contributed by atoms with van der Waals surface area (Å²) in [5, 5.41) is 75.4. The number of halogens is 17. The zero-order chi connectivity index (χ0) is 80.8. The number of carboxylic acids is 3. The van der Waals surface area contributed by atoms with E-state index in [0.29, 0.717) is 99.3 Å². The summed E-state index contributed by atoms with van der Waals surface area (Å²) in [5.74, 6) is 0.450. The first-order valence-corrected chi connectivity index (χ1v) is 45.4. The Bertz CT molecular complexity index is 4470. The summed E-state index contributed by atoms with van der Waals surface area (Å²) in [5.41, 5.74) is 8.87. The van der Waals surface area contributed by atoms with Gasteiger partial charge in [0.1, 0.15) is 74.1 Å². The molecule has 0 fully saturated rings. The van der Waals surface area contributed by atoms with Crippen molar-refractivity contribution in [3.8, 4) is 55.2 Å². The van der Waals surface area contributed by atoms with Crippen molar-refractivity contribution in [2.24, 2.45) is 5.73 Å². The van der Waals surface area contributed by atoms with Crippen molar-refractivity contribution in [3.05, 3.63) is 129 Å². The van der Waals surface area contributed by atoms with Crippen molar-refractivity contribution < 1.29 is 178 Å². The minimum absolute atomic E-state index is 0. The van der Waals surface area contributed by atoms with E-state index in [1.807, 2.05) is 66.7 Å². The van der Waals surface area contributed by atoms with E-state index < -0.39 is 42.6 Å². The van der Waals surface area contributed by atoms with E-state index in [0.717, 1.165) is 52.4 Å². The zero-order valence-corrected chi connectivity index (χ0v) is 82.3. The molecule has 24 nitrogen and oxygen atoms in total. The number of aliphatic hydroxyl groups is 1. The predicted molar refractivity (Wildman–Crippen MR) is 460 cm³/mol. The number of nitriles is 2. The summed E-state index contributed by atoms with van der Waals surface area (Å²) in [6.07, 6.45) is 5.79. The van der Waals surface area contributed by atoms with Crippen molar-refractivity contribution in [3.63, 3.8) is 0 Å². The van der Waals surface area contributed by atoms with Crippen LogP contribution in [0.25, 0.3) is 60.9 Å². The molecule has 0 radical (unpaired) electrons. The molecule has 600 valence electrons. The van der Waals surface area contributed by atoms with Crippen molar-refractivity contribution in [2.45, 2.75) is 51.8 Å². The number of carbonyl (C=O) groups is 5. The number of aromatic carboxylic acids is 2. The number of allylic oxidation sites excluding steroid dienone is 1. The molecular formula is C60H57Cl17K2N9O15PS7. The van der Waals surface area contributed by atoms with Crippen LogP contribution in [-0.2, 0) is 19.3 Å². The minimum Gasteiger partial charge on any atom is -1.00 e. The maximum Gasteiger partial charge on any atom is 1.00 e. The summed E-state index contributed by atoms with van der Waals surface area (Å²) in [6, 6.07) is 24.7. The van der Waals surface area contributed by atoms with Crippen molar-refractivity contribution in [1.82, 2.24) is 29.9 Å². The minimum atomic E-state index is -3.69. The van der Waals surface area contributed by atoms with Gasteiger partial charge in [-0.15, -0.1) is 186 Å². The van der Waals surface area contributed by atoms with Gasteiger partial charge in [0, 0.05) is 53.1 Å². The third kappa shape index (κ3) is 54.6. The summed E-state index contributed by atoms with van der Waals surface area (Å²) >= 11 is 90.5. The molecule has 0 aliphatic carbocycles. The number of carboxylic acid groups (broad SMARTS) is 3. The van der Waals surface area contributed by atoms with E-state index in [-0.39, 0.29) is 163 Å². The van der Waals surface area contributed by atoms with Gasteiger partial charge < -0.3 is 57.0 Å². The molecule has 2 atom stereocenters. The predicted octanol–water partition coefficient (Wildman–Crippen LogP) is 15.6. The van der Waals surface area contributed by atoms with E-state index in [2.05, 4.69) is 54.0 Å². The van der Waals surface area contributed by atoms with Gasteiger partial charge >= 0.3 is 180 Å². The Morgan fingerprint density at radius 2 is 0.964 bits per heavy atom. The molecule has 0 spiro atoms. The van der Waals surface area contributed by atoms with Crippen molar-refractivity contribution >= 4 is 353 Å². The Kier molecular flexibility index (Phi) is 69.1. The Morgan fingerprint density at radius 3 is 1.23 bits per heavy atom. The third-order valence-corrected chi connectivity index (χ3v) is 18.8. The fourth-order valence-corrected chi connectivity index (χ4v) is 13.0. The molecular weight excluding hydrogens is 2020 g/mol. The largest absolute Gasteiger partial charge is 1.00 e. The second-order valence-corrected chi connectivity index (χ2v) is 46.5. The molecule has 0 saturated carbocycles. The van der Waals surface area contributed by atoms with Gasteiger partial charge in [0.25, 0.3) is 6.47 Å². The Morgan fingerprint density at radius 1 is 0.613 bits per heavy atom. The number of phenolic OH excluding ortho intramolecular Hbond substituents is 1. The molecule has 7 N–H and O–H groups in total. The van der Waals surface area contributed by atoms with Gasteiger partial charge in [0.2, 0.25) is 0 Å². The van der Waals surface area contributed by atoms with Crippen LogP contribution < -0.4 is 128 Å². The van der Waals surface area contributed by atoms with E-state index in [4.69, 9.17) is 243 Å². The van der Waals surface area contributed by atoms with Gasteiger partial charge in [-0.05, 0) is 91.4 Å². The molecule has 0 amide bonds. The molecule has 6 aromatic heterocycles. The zero-order valence-electron chi connectivity index (χ0n) is 57.4. The Hall–Kier alpha value is -0.227. The number of rotatable bonds is 23. The quantitative estimate of drug-likeness (QED) is 0.00457. The third-order valence-electron chi connectivity index (χ3n) is 10.4. The van der Waals surface area contributed by atoms with Crippen LogP contribution in [0.1, 0.15) is 58.1 Å². The number of aromatic hydroxyl groups is 1. The van der Waals surface area contributed by atoms with Crippen molar-refractivity contribution in [2.75, 3.05) is 37.3 Å². The number of benzene rings is 4. The van der Waals surface area contributed by atoms with Crippen LogP contribution in [0.5, 0.6) is 23.0 Å². The molecule has 0 aliphatic rings. The van der Waals surface area contributed by atoms with Gasteiger partial charge in [-0.25, -0.2) is 39.5 Å². The molecule has 10 aromatic rings. The fourth-order valence-electron chi connectivity index (χ4n) is 6.08. The van der Waals surface area contributed by atoms with Crippen LogP contribution in [0.4, 0.5) is 0 Å². The van der Waals surface area contributed by atoms with E-state index in [1.165, 1.54) is 90.4 Å². The van der Waals surface area contributed by atoms with Crippen molar-refractivity contribution in [1.29, 1.82) is 10.5 Å². The molecule has 111 heavy (non-hydrogen) atoms. The first-order chi connectivity index (χ1) is 50.5. The number of thiazole rings is 6. The maximum absolute atomic E-state index is 10.9. The number of carbonyl (C=O) groups excluding carboxylic acids is 2. The van der Waals surface area contributed by atoms with Crippen LogP contribution in [0.2, 0.25) is 0 Å². The maximum atomic E-state index is 10.9. The van der Waals surface area contributed by atoms with E-state index in [1.54, 1.807) is 24.3 Å². The molecule has 0 aliphatic heterocycles. The molecule has 4 aromatic carbocycles. The van der Waals surface area contributed by atoms with Gasteiger partial charge in [0.05, 0.1) is 54.1 Å². The number of alkyl halides is 9. The van der Waals surface area contributed by atoms with Gasteiger partial charge in [-0.1, -0.05) is 29.8 Å². The fraction of sp³-hybridized carbons (Fsp3) is 0.250. The van der Waals surface area contributed by atoms with Crippen LogP contribution in [0.3, 0.4) is 0 Å². The number of ether oxygens (including phenoxy) is 3. The second-order valence-electron chi connectivity index (χ2n) is 18.4. The molecule has 10 rings (SSSR count). The standard InChI is InChI=1S/C14H10Cl2N2O3S2.C14H9ClN2O3S2.C11H8Cl2N2OS.C8H4N2OS.C3H5Cl3.C3H6Cl2O.C3H7NO2S.C3H4O.CH2O3.Cl5P.2ClH.2K.H/c15-11(16)3-4-21-7-1-2-8-10(5-7)23-13(17-8)12-18-9(6-22-12)14(19)20;15-4-1-5-20-8-2-3-9-11(6-8)22-13(16-9)12-17-10(7-21-12)14(18)19;12-10(13)3-4-16-7-1-2-8-9(5-7)17-11(6-14)15-8;9-4-8-10-6-2-1-5(11)3-7(6)12-8;2*4-2-1-3(5)6;4-2(1-7)3(5)6;1-2-3-4;2-1-4-3;1-6(2,3,4)5;;;;;/h1-2,5-6,11H,3-4H2,(H,19,20);1-4,6-7H,5H2,(H,18,19);1-2,5,10H,3-4H2;1-3,11H;3H,1-2H2;3,6H,1-2H2;2,7H,1,4H2,(H,5,6);2-3H,1H2;1,3H;;2*1H;;;/q;;;;;;;;;;;;2*+1;-1/p-1/b;4-1+;;;;;;;;;;;;;/t;;;;;;2-;;;;;;;;/m......1......../s1. The Labute approximate surface area is 837 Å². The number of nitrogens with two attached hydrogens (primary N) is 1. The number of aldehydes is 1. The monoisotopic (exact) mass is 2070 g/mol. The second kappa shape index (κ2) is 65.5. The van der Waals surface area contributed by atoms with Crippen LogP contribution in [-0.4, -0.2) is 150 Å². The first-order valence-electron chi connectivity index (χ1n) is 28.4. The number of fused-ring (bicyclic) bond motifs is 4. The summed E-state index contributed by atoms with van der Waals surface area (Å²) in [4.78, 5) is 76.0. The molecule has 0 saturated heterocycles. The smallest absolute Gasteiger partial charge is 1.00 e. The molecule has 1 unspecified atom stereocenters. The van der Waals surface area contributed by atoms with Crippen LogP contribution in [0.15, 0.2) is 108 Å². The molecule has 6 heterocycles. The number of aliphatic carboxylic acids is 1. The first kappa shape index (κ1) is 117. The number of hydrogen-bond acceptors (Lipinski definition) is 28. The van der Waals surface area contributed by atoms with Gasteiger partial charge in [-0.2, -0.15) is 23.2 Å². The normalized spacial score (nSPS) is 10.9. The number of aliphatic hydroxyl groups excluding tert-OH is 1. The number of thiol groups is 1. The van der Waals surface area contributed by atoms with Gasteiger partial charge in [-0.3, -0.25) is 14.4 Å². The van der Waals surface area contributed by atoms with Crippen LogP contribution in [0, 0.1) is 22.7 Å². The Balaban J connectivity index is -0.000000400. The average molecular weight is 2080 g/mol. The van der Waals surface area contributed by atoms with E-state index >= 15 is 0 Å². The number of nitrogens with zero attached hydrogens (tertiary/aromatic N) is 8. The number of hydrogen-bond donors (Lipinski definition) is 7. The molecule has 51 heteroatoms. The SMILES string of the molecule is C=CC=O.Cl.Cl.ClCCC(Cl)Cl.ClP(Cl)(Cl)(Cl)Cl.N#Cc1nc2ccc(O)cc2s1.N#Cc1nc2ccc(OCCC(Cl)Cl)cc2s1.N[C@H](CS)C(=O)O.O=C(O)c1csc(-c2nc3ccc(OC/C=C/Cl)cc3s2)n1.O=C(O)c1csc(-c2nc3ccc(OCCC(Cl)Cl)cc3s2)n1.O=CO[O-].OC(Cl)CCCl.[H-].[K+].[K+]. The number of aromatic nitrogens is 6. The van der Waals surface area contributed by atoms with Crippen LogP contribution >= 0.6 is 281 Å². The summed E-state index contributed by atoms with van der Waals surface area (Å²) in [7, 11) is 0. The van der Waals surface area contributed by atoms with Gasteiger partial charge in [0.15, 0.2) is 41.4 Å². The summed E-state index contributed by atoms with van der Waals surface area (Å²) < 4.78 is 16.6. The average Bonchev–Trinajstić information content (AvgIpc) is 1.68. The van der Waals surface area contributed by atoms with E-state index in [9.17, 15) is 14.4 Å².